The normalized spacial score (nSPS) is 13.5. The highest BCUT2D eigenvalue weighted by Gasteiger charge is 2.13. The molecule has 2 nitrogen and oxygen atoms in total. The first-order valence-electron chi connectivity index (χ1n) is 7.55. The van der Waals surface area contributed by atoms with Gasteiger partial charge in [-0.05, 0) is 43.3 Å². The first-order chi connectivity index (χ1) is 10.7. The van der Waals surface area contributed by atoms with Crippen molar-refractivity contribution in [2.75, 3.05) is 0 Å². The third kappa shape index (κ3) is 2.94. The minimum absolute atomic E-state index is 0.436. The first kappa shape index (κ1) is 15.3. The van der Waals surface area contributed by atoms with Crippen LogP contribution in [0.2, 0.25) is 0 Å². The van der Waals surface area contributed by atoms with Gasteiger partial charge in [-0.1, -0.05) is 31.2 Å². The number of benzene rings is 1. The van der Waals surface area contributed by atoms with Crippen molar-refractivity contribution in [3.05, 3.63) is 57.5 Å². The second-order valence-electron chi connectivity index (χ2n) is 5.41. The zero-order valence-electron chi connectivity index (χ0n) is 13.1. The van der Waals surface area contributed by atoms with Crippen LogP contribution in [0.15, 0.2) is 52.2 Å². The highest BCUT2D eigenvalue weighted by molar-refractivity contribution is 7.14. The van der Waals surface area contributed by atoms with Crippen LogP contribution in [0, 0.1) is 6.92 Å². The highest BCUT2D eigenvalue weighted by Crippen LogP contribution is 2.28. The van der Waals surface area contributed by atoms with Crippen LogP contribution in [0.25, 0.3) is 10.6 Å². The maximum Gasteiger partial charge on any atom is 0.190 e. The Kier molecular flexibility index (Phi) is 4.60. The standard InChI is InChI=1S/C18H20N2S2/c1-4-14(3)20-16(17-10-7-11-21-17)12-22-18(20)19-15-9-6-5-8-13(15)2/h5-12,14H,4H2,1-3H3. The van der Waals surface area contributed by atoms with E-state index >= 15 is 0 Å². The second kappa shape index (κ2) is 6.63. The molecule has 114 valence electrons. The number of hydrogen-bond acceptors (Lipinski definition) is 3. The molecule has 0 aliphatic heterocycles. The molecule has 0 saturated carbocycles. The van der Waals surface area contributed by atoms with Crippen LogP contribution >= 0.6 is 22.7 Å². The number of hydrogen-bond donors (Lipinski definition) is 0. The molecule has 1 atom stereocenters. The van der Waals surface area contributed by atoms with Gasteiger partial charge >= 0.3 is 0 Å². The molecule has 2 heterocycles. The van der Waals surface area contributed by atoms with E-state index in [0.29, 0.717) is 6.04 Å². The van der Waals surface area contributed by atoms with Gasteiger partial charge < -0.3 is 4.57 Å². The Morgan fingerprint density at radius 2 is 1.95 bits per heavy atom. The molecule has 0 amide bonds. The van der Waals surface area contributed by atoms with E-state index in [0.717, 1.165) is 16.9 Å². The SMILES string of the molecule is CCC(C)n1c(-c2cccs2)csc1=Nc1ccccc1C. The van der Waals surface area contributed by atoms with Crippen LogP contribution in [0.1, 0.15) is 31.9 Å². The number of para-hydroxylation sites is 1. The van der Waals surface area contributed by atoms with Gasteiger partial charge in [0.25, 0.3) is 0 Å². The lowest BCUT2D eigenvalue weighted by molar-refractivity contribution is 0.524. The van der Waals surface area contributed by atoms with Gasteiger partial charge in [-0.25, -0.2) is 4.99 Å². The molecule has 3 rings (SSSR count). The second-order valence-corrected chi connectivity index (χ2v) is 7.19. The van der Waals surface area contributed by atoms with Gasteiger partial charge in [0.1, 0.15) is 0 Å². The number of nitrogens with zero attached hydrogens (tertiary/aromatic N) is 2. The van der Waals surface area contributed by atoms with Gasteiger partial charge in [-0.15, -0.1) is 22.7 Å². The largest absolute Gasteiger partial charge is 0.313 e. The molecular formula is C18H20N2S2. The molecule has 0 radical (unpaired) electrons. The van der Waals surface area contributed by atoms with Crippen molar-refractivity contribution < 1.29 is 0 Å². The summed E-state index contributed by atoms with van der Waals surface area (Å²) in [5.41, 5.74) is 3.55. The lowest BCUT2D eigenvalue weighted by Gasteiger charge is -2.14. The number of rotatable bonds is 4. The average molecular weight is 329 g/mol. The molecule has 0 spiro atoms. The van der Waals surface area contributed by atoms with Crippen LogP contribution < -0.4 is 4.80 Å². The van der Waals surface area contributed by atoms with E-state index < -0.39 is 0 Å². The summed E-state index contributed by atoms with van der Waals surface area (Å²) in [6, 6.07) is 13.0. The van der Waals surface area contributed by atoms with Gasteiger partial charge in [0, 0.05) is 11.4 Å². The van der Waals surface area contributed by atoms with Crippen molar-refractivity contribution in [1.29, 1.82) is 0 Å². The Balaban J connectivity index is 2.19. The molecule has 0 aliphatic carbocycles. The third-order valence-electron chi connectivity index (χ3n) is 3.88. The maximum absolute atomic E-state index is 4.93. The zero-order valence-corrected chi connectivity index (χ0v) is 14.7. The number of aryl methyl sites for hydroxylation is 1. The van der Waals surface area contributed by atoms with Crippen LogP contribution in [0.3, 0.4) is 0 Å². The maximum atomic E-state index is 4.93. The highest BCUT2D eigenvalue weighted by atomic mass is 32.1. The van der Waals surface area contributed by atoms with Crippen LogP contribution in [-0.4, -0.2) is 4.57 Å². The summed E-state index contributed by atoms with van der Waals surface area (Å²) in [5.74, 6) is 0. The molecule has 0 fully saturated rings. The topological polar surface area (TPSA) is 17.3 Å². The summed E-state index contributed by atoms with van der Waals surface area (Å²) in [5, 5.41) is 4.36. The fraction of sp³-hybridized carbons (Fsp3) is 0.278. The lowest BCUT2D eigenvalue weighted by Crippen LogP contribution is -2.19. The number of thiazole rings is 1. The van der Waals surface area contributed by atoms with Gasteiger partial charge in [0.05, 0.1) is 16.3 Å². The lowest BCUT2D eigenvalue weighted by atomic mass is 10.2. The molecule has 1 aromatic carbocycles. The van der Waals surface area contributed by atoms with Gasteiger partial charge in [-0.3, -0.25) is 0 Å². The van der Waals surface area contributed by atoms with Crippen molar-refractivity contribution in [2.45, 2.75) is 33.2 Å². The Hall–Kier alpha value is -1.65. The predicted molar refractivity (Wildman–Crippen MR) is 97.0 cm³/mol. The first-order valence-corrected chi connectivity index (χ1v) is 9.31. The molecule has 4 heteroatoms. The summed E-state index contributed by atoms with van der Waals surface area (Å²) < 4.78 is 2.38. The van der Waals surface area contributed by atoms with Crippen molar-refractivity contribution in [3.63, 3.8) is 0 Å². The summed E-state index contributed by atoms with van der Waals surface area (Å²) in [6.07, 6.45) is 1.09. The van der Waals surface area contributed by atoms with Crippen molar-refractivity contribution >= 4 is 28.4 Å². The summed E-state index contributed by atoms with van der Waals surface area (Å²) in [7, 11) is 0. The minimum atomic E-state index is 0.436. The molecule has 3 aromatic rings. The van der Waals surface area contributed by atoms with Gasteiger partial charge in [0.2, 0.25) is 0 Å². The van der Waals surface area contributed by atoms with Crippen LogP contribution in [0.4, 0.5) is 5.69 Å². The van der Waals surface area contributed by atoms with E-state index in [1.807, 2.05) is 6.07 Å². The molecule has 22 heavy (non-hydrogen) atoms. The number of aromatic nitrogens is 1. The Morgan fingerprint density at radius 1 is 1.14 bits per heavy atom. The van der Waals surface area contributed by atoms with E-state index in [1.165, 1.54) is 16.1 Å². The summed E-state index contributed by atoms with van der Waals surface area (Å²) >= 11 is 3.51. The van der Waals surface area contributed by atoms with E-state index in [1.54, 1.807) is 22.7 Å². The van der Waals surface area contributed by atoms with Crippen LogP contribution in [-0.2, 0) is 0 Å². The Bertz CT molecular complexity index is 810. The summed E-state index contributed by atoms with van der Waals surface area (Å²) in [6.45, 7) is 6.60. The zero-order chi connectivity index (χ0) is 15.5. The Morgan fingerprint density at radius 3 is 2.64 bits per heavy atom. The molecule has 2 aromatic heterocycles. The number of thiophene rings is 1. The molecule has 1 unspecified atom stereocenters. The van der Waals surface area contributed by atoms with E-state index in [9.17, 15) is 0 Å². The summed E-state index contributed by atoms with van der Waals surface area (Å²) in [4.78, 5) is 7.31. The smallest absolute Gasteiger partial charge is 0.190 e. The van der Waals surface area contributed by atoms with E-state index in [2.05, 4.69) is 66.4 Å². The molecule has 0 aliphatic rings. The fourth-order valence-corrected chi connectivity index (χ4v) is 4.22. The molecular weight excluding hydrogens is 308 g/mol. The van der Waals surface area contributed by atoms with E-state index in [-0.39, 0.29) is 0 Å². The fourth-order valence-electron chi connectivity index (χ4n) is 2.41. The third-order valence-corrected chi connectivity index (χ3v) is 5.61. The monoisotopic (exact) mass is 328 g/mol. The van der Waals surface area contributed by atoms with Gasteiger partial charge in [0.15, 0.2) is 4.80 Å². The van der Waals surface area contributed by atoms with Crippen molar-refractivity contribution in [3.8, 4) is 10.6 Å². The minimum Gasteiger partial charge on any atom is -0.313 e. The predicted octanol–water partition coefficient (Wildman–Crippen LogP) is 5.79. The molecule has 0 saturated heterocycles. The Labute approximate surface area is 139 Å². The molecule has 0 bridgehead atoms. The van der Waals surface area contributed by atoms with Crippen LogP contribution in [0.5, 0.6) is 0 Å². The molecule has 0 N–H and O–H groups in total. The van der Waals surface area contributed by atoms with Crippen molar-refractivity contribution in [2.24, 2.45) is 4.99 Å². The van der Waals surface area contributed by atoms with Gasteiger partial charge in [-0.2, -0.15) is 0 Å². The quantitative estimate of drug-likeness (QED) is 0.577. The van der Waals surface area contributed by atoms with Crippen molar-refractivity contribution in [1.82, 2.24) is 4.57 Å². The average Bonchev–Trinajstić information content (AvgIpc) is 3.18. The van der Waals surface area contributed by atoms with E-state index in [4.69, 9.17) is 4.99 Å².